The van der Waals surface area contributed by atoms with Crippen LogP contribution >= 0.6 is 0 Å². The second-order valence-corrected chi connectivity index (χ2v) is 7.14. The molecule has 1 aromatic rings. The smallest absolute Gasteiger partial charge is 0.233 e. The number of aryl methyl sites for hydroxylation is 2. The largest absolute Gasteiger partial charge is 0.507 e. The van der Waals surface area contributed by atoms with Crippen LogP contribution in [0.25, 0.3) is 0 Å². The average molecular weight is 376 g/mol. The first kappa shape index (κ1) is 21.0. The molecule has 0 aromatic heterocycles. The molecule has 0 aliphatic carbocycles. The molecule has 0 saturated carbocycles. The van der Waals surface area contributed by atoms with Gasteiger partial charge in [0.25, 0.3) is 0 Å². The molecular formula is C20H33N5O2. The zero-order chi connectivity index (χ0) is 19.8. The normalized spacial score (nSPS) is 16.2. The second-order valence-electron chi connectivity index (χ2n) is 7.14. The van der Waals surface area contributed by atoms with Crippen molar-refractivity contribution in [1.29, 1.82) is 0 Å². The van der Waals surface area contributed by atoms with Gasteiger partial charge >= 0.3 is 0 Å². The number of carbonyl (C=O) groups is 1. The third-order valence-electron chi connectivity index (χ3n) is 4.89. The Morgan fingerprint density at radius 3 is 2.44 bits per heavy atom. The van der Waals surface area contributed by atoms with Crippen LogP contribution in [0.3, 0.4) is 0 Å². The summed E-state index contributed by atoms with van der Waals surface area (Å²) in [6.07, 6.45) is 1.97. The number of hydrogen-bond acceptors (Lipinski definition) is 4. The molecule has 1 aromatic carbocycles. The fourth-order valence-corrected chi connectivity index (χ4v) is 3.34. The Morgan fingerprint density at radius 1 is 1.26 bits per heavy atom. The maximum atomic E-state index is 11.5. The lowest BCUT2D eigenvalue weighted by atomic mass is 10.1. The molecule has 4 N–H and O–H groups in total. The Hall–Kier alpha value is -2.28. The van der Waals surface area contributed by atoms with Gasteiger partial charge in [-0.15, -0.1) is 0 Å². The van der Waals surface area contributed by atoms with Crippen molar-refractivity contribution < 1.29 is 9.90 Å². The Bertz CT molecular complexity index is 643. The van der Waals surface area contributed by atoms with Crippen LogP contribution < -0.4 is 16.0 Å². The third kappa shape index (κ3) is 6.43. The van der Waals surface area contributed by atoms with Gasteiger partial charge in [-0.25, -0.2) is 4.99 Å². The zero-order valence-corrected chi connectivity index (χ0v) is 16.9. The Kier molecular flexibility index (Phi) is 7.91. The topological polar surface area (TPSA) is 89.0 Å². The van der Waals surface area contributed by atoms with E-state index in [1.54, 1.807) is 7.05 Å². The molecule has 7 nitrogen and oxygen atoms in total. The van der Waals surface area contributed by atoms with Gasteiger partial charge in [0.2, 0.25) is 5.91 Å². The molecule has 2 rings (SSSR count). The van der Waals surface area contributed by atoms with Crippen LogP contribution in [0.2, 0.25) is 0 Å². The Balaban J connectivity index is 1.92. The number of hydrogen-bond donors (Lipinski definition) is 4. The highest BCUT2D eigenvalue weighted by atomic mass is 16.3. The van der Waals surface area contributed by atoms with Crippen molar-refractivity contribution in [3.05, 3.63) is 28.8 Å². The molecule has 1 aliphatic rings. The quantitative estimate of drug-likeness (QED) is 0.444. The average Bonchev–Trinajstić information content (AvgIpc) is 2.65. The van der Waals surface area contributed by atoms with Gasteiger partial charge in [0.15, 0.2) is 5.96 Å². The maximum absolute atomic E-state index is 11.5. The maximum Gasteiger partial charge on any atom is 0.233 e. The number of piperidine rings is 1. The molecule has 0 bridgehead atoms. The fraction of sp³-hybridized carbons (Fsp3) is 0.600. The highest BCUT2D eigenvalue weighted by molar-refractivity contribution is 5.80. The van der Waals surface area contributed by atoms with Gasteiger partial charge in [0.1, 0.15) is 5.75 Å². The summed E-state index contributed by atoms with van der Waals surface area (Å²) in [7, 11) is 1.67. The monoisotopic (exact) mass is 375 g/mol. The van der Waals surface area contributed by atoms with E-state index in [1.165, 1.54) is 0 Å². The van der Waals surface area contributed by atoms with E-state index >= 15 is 0 Å². The van der Waals surface area contributed by atoms with Gasteiger partial charge in [0, 0.05) is 32.7 Å². The number of amides is 1. The van der Waals surface area contributed by atoms with E-state index in [-0.39, 0.29) is 5.91 Å². The van der Waals surface area contributed by atoms with E-state index in [1.807, 2.05) is 26.0 Å². The molecule has 1 amide bonds. The van der Waals surface area contributed by atoms with Crippen LogP contribution in [0.5, 0.6) is 5.75 Å². The number of nitrogens with zero attached hydrogens (tertiary/aromatic N) is 2. The number of aromatic hydroxyl groups is 1. The van der Waals surface area contributed by atoms with Crippen molar-refractivity contribution in [2.75, 3.05) is 33.2 Å². The number of carbonyl (C=O) groups excluding carboxylic acids is 1. The number of rotatable bonds is 6. The van der Waals surface area contributed by atoms with E-state index in [4.69, 9.17) is 4.99 Å². The van der Waals surface area contributed by atoms with Gasteiger partial charge < -0.3 is 21.1 Å². The van der Waals surface area contributed by atoms with E-state index in [9.17, 15) is 9.90 Å². The van der Waals surface area contributed by atoms with Crippen LogP contribution in [0.4, 0.5) is 0 Å². The molecule has 150 valence electrons. The first-order valence-corrected chi connectivity index (χ1v) is 9.69. The predicted octanol–water partition coefficient (Wildman–Crippen LogP) is 1.27. The number of phenols is 1. The first-order chi connectivity index (χ1) is 12.9. The predicted molar refractivity (Wildman–Crippen MR) is 109 cm³/mol. The van der Waals surface area contributed by atoms with Crippen LogP contribution in [-0.2, 0) is 11.3 Å². The number of aliphatic imine (C=N–C) groups is 1. The lowest BCUT2D eigenvalue weighted by Crippen LogP contribution is -2.50. The number of nitrogens with one attached hydrogen (secondary N) is 3. The van der Waals surface area contributed by atoms with Crippen molar-refractivity contribution in [2.24, 2.45) is 4.99 Å². The molecule has 0 spiro atoms. The number of likely N-dealkylation sites (N-methyl/N-ethyl adjacent to an activating group) is 1. The molecule has 7 heteroatoms. The number of phenolic OH excluding ortho intramolecular Hbond substituents is 1. The van der Waals surface area contributed by atoms with Crippen molar-refractivity contribution in [1.82, 2.24) is 20.9 Å². The summed E-state index contributed by atoms with van der Waals surface area (Å²) in [5.41, 5.74) is 2.84. The van der Waals surface area contributed by atoms with Gasteiger partial charge in [-0.3, -0.25) is 9.69 Å². The molecular weight excluding hydrogens is 342 g/mol. The van der Waals surface area contributed by atoms with Crippen LogP contribution in [0.15, 0.2) is 17.1 Å². The summed E-state index contributed by atoms with van der Waals surface area (Å²) >= 11 is 0. The summed E-state index contributed by atoms with van der Waals surface area (Å²) in [5.74, 6) is 1.23. The number of guanidine groups is 1. The van der Waals surface area contributed by atoms with Crippen molar-refractivity contribution in [3.63, 3.8) is 0 Å². The molecule has 1 fully saturated rings. The second kappa shape index (κ2) is 10.2. The van der Waals surface area contributed by atoms with Gasteiger partial charge in [-0.05, 0) is 50.3 Å². The van der Waals surface area contributed by atoms with Crippen LogP contribution in [0, 0.1) is 13.8 Å². The van der Waals surface area contributed by atoms with Crippen molar-refractivity contribution >= 4 is 11.9 Å². The molecule has 0 radical (unpaired) electrons. The van der Waals surface area contributed by atoms with Crippen LogP contribution in [0.1, 0.15) is 36.5 Å². The minimum Gasteiger partial charge on any atom is -0.507 e. The highest BCUT2D eigenvalue weighted by Gasteiger charge is 2.21. The SMILES string of the molecule is CCNC(=NCc1cc(C)c(O)c(C)c1)NC1CCN(CC(=O)NC)CC1. The third-order valence-corrected chi connectivity index (χ3v) is 4.89. The number of likely N-dealkylation sites (tertiary alicyclic amines) is 1. The zero-order valence-electron chi connectivity index (χ0n) is 16.9. The lowest BCUT2D eigenvalue weighted by Gasteiger charge is -2.32. The minimum atomic E-state index is 0.0656. The molecule has 1 heterocycles. The summed E-state index contributed by atoms with van der Waals surface area (Å²) in [6.45, 7) is 9.51. The van der Waals surface area contributed by atoms with E-state index in [2.05, 4.69) is 27.8 Å². The standard InChI is InChI=1S/C20H33N5O2/c1-5-22-20(23-12-16-10-14(2)19(27)15(3)11-16)24-17-6-8-25(9-7-17)13-18(26)21-4/h10-11,17,27H,5-9,12-13H2,1-4H3,(H,21,26)(H2,22,23,24). The van der Waals surface area contributed by atoms with Crippen molar-refractivity contribution in [2.45, 2.75) is 46.2 Å². The van der Waals surface area contributed by atoms with Crippen molar-refractivity contribution in [3.8, 4) is 5.75 Å². The molecule has 27 heavy (non-hydrogen) atoms. The minimum absolute atomic E-state index is 0.0656. The van der Waals surface area contributed by atoms with E-state index in [0.29, 0.717) is 24.9 Å². The molecule has 0 atom stereocenters. The lowest BCUT2D eigenvalue weighted by molar-refractivity contribution is -0.122. The fourth-order valence-electron chi connectivity index (χ4n) is 3.34. The van der Waals surface area contributed by atoms with Gasteiger partial charge in [-0.1, -0.05) is 12.1 Å². The summed E-state index contributed by atoms with van der Waals surface area (Å²) in [5, 5.41) is 19.4. The Morgan fingerprint density at radius 2 is 1.89 bits per heavy atom. The number of benzene rings is 1. The molecule has 1 aliphatic heterocycles. The highest BCUT2D eigenvalue weighted by Crippen LogP contribution is 2.23. The van der Waals surface area contributed by atoms with E-state index < -0.39 is 0 Å². The van der Waals surface area contributed by atoms with Gasteiger partial charge in [-0.2, -0.15) is 0 Å². The molecule has 0 unspecified atom stereocenters. The van der Waals surface area contributed by atoms with E-state index in [0.717, 1.165) is 55.1 Å². The van der Waals surface area contributed by atoms with Gasteiger partial charge in [0.05, 0.1) is 13.1 Å². The summed E-state index contributed by atoms with van der Waals surface area (Å²) in [4.78, 5) is 18.4. The van der Waals surface area contributed by atoms with Crippen LogP contribution in [-0.4, -0.2) is 61.1 Å². The summed E-state index contributed by atoms with van der Waals surface area (Å²) < 4.78 is 0. The first-order valence-electron chi connectivity index (χ1n) is 9.69. The molecule has 1 saturated heterocycles. The summed E-state index contributed by atoms with van der Waals surface area (Å²) in [6, 6.07) is 4.31. The Labute approximate surface area is 162 Å².